The summed E-state index contributed by atoms with van der Waals surface area (Å²) in [4.78, 5) is 4.33. The molecule has 2 aromatic rings. The Morgan fingerprint density at radius 1 is 1.15 bits per heavy atom. The fourth-order valence-electron chi connectivity index (χ4n) is 3.28. The number of aryl methyl sites for hydroxylation is 1. The van der Waals surface area contributed by atoms with E-state index in [4.69, 9.17) is 17.0 Å². The standard InChI is InChI=1S/C22H29N3OS/c1-17-7-4-5-9-21(17)23-22(27)25(16-20-8-6-14-26-20)15-18-10-12-19(13-11-18)24(2)3/h4-5,7,9-13,20H,6,8,14-16H2,1-3H3,(H,23,27)/t20-/m1/s1. The highest BCUT2D eigenvalue weighted by Gasteiger charge is 2.21. The molecule has 4 nitrogen and oxygen atoms in total. The van der Waals surface area contributed by atoms with E-state index in [2.05, 4.69) is 72.5 Å². The molecule has 0 radical (unpaired) electrons. The smallest absolute Gasteiger partial charge is 0.173 e. The number of nitrogens with zero attached hydrogens (tertiary/aromatic N) is 2. The average molecular weight is 384 g/mol. The Morgan fingerprint density at radius 2 is 1.89 bits per heavy atom. The number of hydrogen-bond donors (Lipinski definition) is 1. The SMILES string of the molecule is Cc1ccccc1NC(=S)N(Cc1ccc(N(C)C)cc1)C[C@H]1CCCO1. The van der Waals surface area contributed by atoms with Gasteiger partial charge >= 0.3 is 0 Å². The number of benzene rings is 2. The van der Waals surface area contributed by atoms with E-state index in [1.54, 1.807) is 0 Å². The van der Waals surface area contributed by atoms with Gasteiger partial charge in [0.05, 0.1) is 6.10 Å². The molecule has 1 fully saturated rings. The molecule has 1 N–H and O–H groups in total. The van der Waals surface area contributed by atoms with Gasteiger partial charge in [0.25, 0.3) is 0 Å². The first kappa shape index (κ1) is 19.6. The van der Waals surface area contributed by atoms with Crippen LogP contribution in [0.5, 0.6) is 0 Å². The summed E-state index contributed by atoms with van der Waals surface area (Å²) in [7, 11) is 4.11. The fourth-order valence-corrected chi connectivity index (χ4v) is 3.53. The third-order valence-electron chi connectivity index (χ3n) is 4.95. The molecule has 0 aromatic heterocycles. The minimum absolute atomic E-state index is 0.252. The fraction of sp³-hybridized carbons (Fsp3) is 0.409. The van der Waals surface area contributed by atoms with Gasteiger partial charge in [0.2, 0.25) is 0 Å². The van der Waals surface area contributed by atoms with Crippen LogP contribution in [0.1, 0.15) is 24.0 Å². The zero-order valence-electron chi connectivity index (χ0n) is 16.4. The maximum Gasteiger partial charge on any atom is 0.173 e. The number of para-hydroxylation sites is 1. The van der Waals surface area contributed by atoms with E-state index in [9.17, 15) is 0 Å². The minimum Gasteiger partial charge on any atom is -0.378 e. The topological polar surface area (TPSA) is 27.7 Å². The van der Waals surface area contributed by atoms with Crippen molar-refractivity contribution in [1.82, 2.24) is 4.90 Å². The van der Waals surface area contributed by atoms with Gasteiger partial charge in [-0.3, -0.25) is 0 Å². The average Bonchev–Trinajstić information content (AvgIpc) is 3.16. The summed E-state index contributed by atoms with van der Waals surface area (Å²) in [5, 5.41) is 4.17. The molecular weight excluding hydrogens is 354 g/mol. The number of nitrogens with one attached hydrogen (secondary N) is 1. The molecule has 1 saturated heterocycles. The van der Waals surface area contributed by atoms with Crippen LogP contribution in [0.25, 0.3) is 0 Å². The highest BCUT2D eigenvalue weighted by molar-refractivity contribution is 7.80. The summed E-state index contributed by atoms with van der Waals surface area (Å²) in [5.41, 5.74) is 4.69. The van der Waals surface area contributed by atoms with Crippen molar-refractivity contribution in [3.63, 3.8) is 0 Å². The molecule has 0 amide bonds. The Hall–Kier alpha value is -2.11. The van der Waals surface area contributed by atoms with Gasteiger partial charge in [-0.15, -0.1) is 0 Å². The van der Waals surface area contributed by atoms with Crippen LogP contribution in [0.2, 0.25) is 0 Å². The van der Waals surface area contributed by atoms with Gasteiger partial charge in [0, 0.05) is 45.2 Å². The molecule has 144 valence electrons. The first-order chi connectivity index (χ1) is 13.0. The van der Waals surface area contributed by atoms with E-state index < -0.39 is 0 Å². The number of thiocarbonyl (C=S) groups is 1. The maximum atomic E-state index is 5.86. The van der Waals surface area contributed by atoms with Crippen LogP contribution in [-0.4, -0.2) is 43.4 Å². The van der Waals surface area contributed by atoms with Crippen molar-refractivity contribution >= 4 is 28.7 Å². The second-order valence-corrected chi connectivity index (χ2v) is 7.71. The van der Waals surface area contributed by atoms with Gasteiger partial charge in [-0.2, -0.15) is 0 Å². The van der Waals surface area contributed by atoms with Crippen molar-refractivity contribution in [3.8, 4) is 0 Å². The van der Waals surface area contributed by atoms with Crippen molar-refractivity contribution in [2.75, 3.05) is 37.5 Å². The number of hydrogen-bond acceptors (Lipinski definition) is 3. The maximum absolute atomic E-state index is 5.86. The molecule has 0 bridgehead atoms. The third kappa shape index (κ3) is 5.44. The molecule has 1 aliphatic rings. The third-order valence-corrected chi connectivity index (χ3v) is 5.31. The lowest BCUT2D eigenvalue weighted by molar-refractivity contribution is 0.0905. The monoisotopic (exact) mass is 383 g/mol. The van der Waals surface area contributed by atoms with E-state index in [0.29, 0.717) is 0 Å². The Morgan fingerprint density at radius 3 is 2.52 bits per heavy atom. The van der Waals surface area contributed by atoms with Crippen LogP contribution >= 0.6 is 12.2 Å². The highest BCUT2D eigenvalue weighted by atomic mass is 32.1. The van der Waals surface area contributed by atoms with Crippen LogP contribution < -0.4 is 10.2 Å². The molecule has 5 heteroatoms. The van der Waals surface area contributed by atoms with Crippen LogP contribution in [0.15, 0.2) is 48.5 Å². The van der Waals surface area contributed by atoms with E-state index in [0.717, 1.165) is 43.3 Å². The molecule has 0 aliphatic carbocycles. The van der Waals surface area contributed by atoms with Crippen LogP contribution in [0, 0.1) is 6.92 Å². The van der Waals surface area contributed by atoms with Crippen LogP contribution in [0.3, 0.4) is 0 Å². The van der Waals surface area contributed by atoms with Gasteiger partial charge < -0.3 is 19.9 Å². The molecule has 0 unspecified atom stereocenters. The summed E-state index contributed by atoms with van der Waals surface area (Å²) in [6, 6.07) is 16.9. The first-order valence-electron chi connectivity index (χ1n) is 9.52. The predicted molar refractivity (Wildman–Crippen MR) is 118 cm³/mol. The number of rotatable bonds is 6. The van der Waals surface area contributed by atoms with Crippen molar-refractivity contribution in [2.24, 2.45) is 0 Å². The van der Waals surface area contributed by atoms with Crippen molar-refractivity contribution < 1.29 is 4.74 Å². The molecule has 0 spiro atoms. The Labute approximate surface area is 168 Å². The second-order valence-electron chi connectivity index (χ2n) is 7.32. The van der Waals surface area contributed by atoms with Crippen molar-refractivity contribution in [2.45, 2.75) is 32.4 Å². The summed E-state index contributed by atoms with van der Waals surface area (Å²) >= 11 is 5.77. The van der Waals surface area contributed by atoms with Gasteiger partial charge in [-0.25, -0.2) is 0 Å². The van der Waals surface area contributed by atoms with E-state index in [1.165, 1.54) is 16.8 Å². The Kier molecular flexibility index (Phi) is 6.69. The lowest BCUT2D eigenvalue weighted by Gasteiger charge is -2.29. The van der Waals surface area contributed by atoms with Gasteiger partial charge in [0.15, 0.2) is 5.11 Å². The van der Waals surface area contributed by atoms with Crippen molar-refractivity contribution in [3.05, 3.63) is 59.7 Å². The number of anilines is 2. The summed E-state index contributed by atoms with van der Waals surface area (Å²) in [6.45, 7) is 4.53. The molecule has 1 heterocycles. The lowest BCUT2D eigenvalue weighted by Crippen LogP contribution is -2.39. The zero-order valence-corrected chi connectivity index (χ0v) is 17.3. The van der Waals surface area contributed by atoms with Crippen molar-refractivity contribution in [1.29, 1.82) is 0 Å². The molecule has 0 saturated carbocycles. The van der Waals surface area contributed by atoms with Crippen LogP contribution in [-0.2, 0) is 11.3 Å². The molecular formula is C22H29N3OS. The lowest BCUT2D eigenvalue weighted by atomic mass is 10.1. The van der Waals surface area contributed by atoms with Crippen LogP contribution in [0.4, 0.5) is 11.4 Å². The Bertz CT molecular complexity index is 754. The molecule has 1 aliphatic heterocycles. The zero-order chi connectivity index (χ0) is 19.2. The number of ether oxygens (including phenoxy) is 1. The molecule has 2 aromatic carbocycles. The first-order valence-corrected chi connectivity index (χ1v) is 9.93. The van der Waals surface area contributed by atoms with E-state index in [-0.39, 0.29) is 6.10 Å². The quantitative estimate of drug-likeness (QED) is 0.745. The normalized spacial score (nSPS) is 16.2. The second kappa shape index (κ2) is 9.20. The summed E-state index contributed by atoms with van der Waals surface area (Å²) in [5.74, 6) is 0. The van der Waals surface area contributed by atoms with Gasteiger partial charge in [-0.05, 0) is 61.3 Å². The predicted octanol–water partition coefficient (Wildman–Crippen LogP) is 4.44. The van der Waals surface area contributed by atoms with E-state index >= 15 is 0 Å². The Balaban J connectivity index is 1.73. The van der Waals surface area contributed by atoms with Gasteiger partial charge in [0.1, 0.15) is 0 Å². The molecule has 1 atom stereocenters. The molecule has 3 rings (SSSR count). The largest absolute Gasteiger partial charge is 0.378 e. The highest BCUT2D eigenvalue weighted by Crippen LogP contribution is 2.19. The minimum atomic E-state index is 0.252. The van der Waals surface area contributed by atoms with Gasteiger partial charge in [-0.1, -0.05) is 30.3 Å². The molecule has 27 heavy (non-hydrogen) atoms. The summed E-state index contributed by atoms with van der Waals surface area (Å²) in [6.07, 6.45) is 2.49. The summed E-state index contributed by atoms with van der Waals surface area (Å²) < 4.78 is 5.86. The van der Waals surface area contributed by atoms with E-state index in [1.807, 2.05) is 12.1 Å².